The normalized spacial score (nSPS) is 14.8. The Morgan fingerprint density at radius 3 is 2.18 bits per heavy atom. The molecule has 0 unspecified atom stereocenters. The molecule has 9 nitrogen and oxygen atoms in total. The molecule has 1 aromatic heterocycles. The number of aromatic hydroxyl groups is 2. The van der Waals surface area contributed by atoms with Crippen molar-refractivity contribution in [2.45, 2.75) is 5.60 Å². The number of benzene rings is 3. The molecule has 0 radical (unpaired) electrons. The lowest BCUT2D eigenvalue weighted by Crippen LogP contribution is -2.32. The Balaban J connectivity index is 1.66. The Labute approximate surface area is 191 Å². The molecule has 3 heterocycles. The minimum atomic E-state index is -1.40. The van der Waals surface area contributed by atoms with Crippen molar-refractivity contribution >= 4 is 23.3 Å². The zero-order valence-electron chi connectivity index (χ0n) is 16.6. The van der Waals surface area contributed by atoms with Crippen LogP contribution in [0.1, 0.15) is 27.0 Å². The summed E-state index contributed by atoms with van der Waals surface area (Å²) < 4.78 is 12.0. The molecule has 0 aliphatic carbocycles. The molecular weight excluding hydrogens is 448 g/mol. The van der Waals surface area contributed by atoms with Gasteiger partial charge in [0.2, 0.25) is 5.28 Å². The summed E-state index contributed by atoms with van der Waals surface area (Å²) in [5.41, 5.74) is 7.20. The maximum atomic E-state index is 13.2. The summed E-state index contributed by atoms with van der Waals surface area (Å²) in [4.78, 5) is 25.2. The van der Waals surface area contributed by atoms with Gasteiger partial charge in [-0.15, -0.1) is 0 Å². The number of nitrogens with two attached hydrogens (primary N) is 1. The minimum Gasteiger partial charge on any atom is -0.508 e. The molecule has 1 spiro atoms. The first-order valence-electron chi connectivity index (χ1n) is 9.74. The lowest BCUT2D eigenvalue weighted by molar-refractivity contribution is 0.0224. The van der Waals surface area contributed by atoms with E-state index >= 15 is 0 Å². The molecule has 0 amide bonds. The van der Waals surface area contributed by atoms with Crippen LogP contribution in [-0.4, -0.2) is 31.1 Å². The number of hydrogen-bond donors (Lipinski definition) is 3. The fraction of sp³-hybridized carbons (Fsp3) is 0.0435. The highest BCUT2D eigenvalue weighted by Crippen LogP contribution is 2.58. The van der Waals surface area contributed by atoms with Crippen LogP contribution in [-0.2, 0) is 10.3 Å². The maximum Gasteiger partial charge on any atom is 0.342 e. The number of anilines is 1. The van der Waals surface area contributed by atoms with E-state index in [0.29, 0.717) is 22.3 Å². The number of phenols is 2. The van der Waals surface area contributed by atoms with E-state index in [1.807, 2.05) is 0 Å². The van der Waals surface area contributed by atoms with Crippen LogP contribution in [0.25, 0.3) is 11.4 Å². The van der Waals surface area contributed by atoms with Crippen molar-refractivity contribution in [2.75, 3.05) is 5.73 Å². The number of halogens is 1. The number of ether oxygens (including phenoxy) is 2. The van der Waals surface area contributed by atoms with E-state index < -0.39 is 11.6 Å². The lowest BCUT2D eigenvalue weighted by atomic mass is 9.77. The highest BCUT2D eigenvalue weighted by Gasteiger charge is 2.54. The second kappa shape index (κ2) is 6.57. The van der Waals surface area contributed by atoms with Crippen LogP contribution >= 0.6 is 11.6 Å². The van der Waals surface area contributed by atoms with E-state index in [9.17, 15) is 15.0 Å². The summed E-state index contributed by atoms with van der Waals surface area (Å²) in [5, 5.41) is 20.0. The lowest BCUT2D eigenvalue weighted by Gasteiger charge is -2.36. The molecule has 2 aliphatic heterocycles. The number of esters is 1. The van der Waals surface area contributed by atoms with Crippen LogP contribution in [0.2, 0.25) is 5.28 Å². The SMILES string of the molecule is Nc1c(-c2ncnc(Cl)n2)ccc2c1C(=O)OC21c2ccc(O)cc2Oc2cc(O)ccc21. The Morgan fingerprint density at radius 1 is 0.909 bits per heavy atom. The third kappa shape index (κ3) is 2.60. The predicted molar refractivity (Wildman–Crippen MR) is 116 cm³/mol. The van der Waals surface area contributed by atoms with Gasteiger partial charge in [0.05, 0.1) is 11.3 Å². The van der Waals surface area contributed by atoms with Gasteiger partial charge in [-0.05, 0) is 41.9 Å². The third-order valence-electron chi connectivity index (χ3n) is 5.77. The number of fused-ring (bicyclic) bond motifs is 6. The monoisotopic (exact) mass is 460 g/mol. The topological polar surface area (TPSA) is 141 Å². The Kier molecular flexibility index (Phi) is 3.84. The van der Waals surface area contributed by atoms with Crippen LogP contribution < -0.4 is 10.5 Å². The van der Waals surface area contributed by atoms with Gasteiger partial charge in [0.1, 0.15) is 29.3 Å². The molecule has 3 aromatic carbocycles. The summed E-state index contributed by atoms with van der Waals surface area (Å²) in [5.74, 6) is 0.0645. The quantitative estimate of drug-likeness (QED) is 0.286. The van der Waals surface area contributed by atoms with E-state index in [1.165, 1.54) is 30.6 Å². The van der Waals surface area contributed by atoms with Gasteiger partial charge in [-0.1, -0.05) is 6.07 Å². The summed E-state index contributed by atoms with van der Waals surface area (Å²) in [7, 11) is 0. The standard InChI is InChI=1S/C23H13ClN4O5/c24-22-27-9-26-20(28-22)12-3-6-15-18(19(12)25)21(31)33-23(15)13-4-1-10(29)7-16(13)32-17-8-11(30)2-5-14(17)23/h1-9,29-30H,25H2. The molecule has 0 saturated heterocycles. The zero-order chi connectivity index (χ0) is 22.9. The second-order valence-corrected chi connectivity index (χ2v) is 7.90. The third-order valence-corrected chi connectivity index (χ3v) is 5.95. The molecule has 10 heteroatoms. The number of aromatic nitrogens is 3. The van der Waals surface area contributed by atoms with Crippen LogP contribution in [0.4, 0.5) is 5.69 Å². The fourth-order valence-electron chi connectivity index (χ4n) is 4.42. The molecule has 6 rings (SSSR count). The highest BCUT2D eigenvalue weighted by molar-refractivity contribution is 6.28. The van der Waals surface area contributed by atoms with E-state index in [1.54, 1.807) is 24.3 Å². The molecule has 0 saturated carbocycles. The van der Waals surface area contributed by atoms with Crippen molar-refractivity contribution in [1.29, 1.82) is 0 Å². The number of nitrogen functional groups attached to an aromatic ring is 1. The molecule has 2 aliphatic rings. The van der Waals surface area contributed by atoms with Gasteiger partial charge >= 0.3 is 5.97 Å². The maximum absolute atomic E-state index is 13.2. The molecule has 0 atom stereocenters. The molecule has 0 bridgehead atoms. The number of phenolic OH excluding ortho intramolecular Hbond substituents is 2. The molecule has 0 fully saturated rings. The molecule has 162 valence electrons. The highest BCUT2D eigenvalue weighted by atomic mass is 35.5. The van der Waals surface area contributed by atoms with E-state index in [-0.39, 0.29) is 45.4 Å². The van der Waals surface area contributed by atoms with Crippen LogP contribution in [0.15, 0.2) is 54.9 Å². The van der Waals surface area contributed by atoms with Gasteiger partial charge in [-0.2, -0.15) is 4.98 Å². The first kappa shape index (κ1) is 19.3. The van der Waals surface area contributed by atoms with E-state index in [4.69, 9.17) is 26.8 Å². The van der Waals surface area contributed by atoms with Gasteiger partial charge < -0.3 is 25.4 Å². The van der Waals surface area contributed by atoms with Crippen LogP contribution in [0.3, 0.4) is 0 Å². The van der Waals surface area contributed by atoms with Crippen molar-refractivity contribution in [1.82, 2.24) is 15.0 Å². The van der Waals surface area contributed by atoms with Gasteiger partial charge in [-0.25, -0.2) is 14.8 Å². The Hall–Kier alpha value is -4.37. The Morgan fingerprint density at radius 2 is 1.55 bits per heavy atom. The number of rotatable bonds is 1. The summed E-state index contributed by atoms with van der Waals surface area (Å²) >= 11 is 5.90. The number of carbonyl (C=O) groups excluding carboxylic acids is 1. The van der Waals surface area contributed by atoms with Crippen molar-refractivity contribution < 1.29 is 24.5 Å². The average molecular weight is 461 g/mol. The number of hydrogen-bond acceptors (Lipinski definition) is 9. The fourth-order valence-corrected chi connectivity index (χ4v) is 4.54. The first-order chi connectivity index (χ1) is 15.9. The van der Waals surface area contributed by atoms with Gasteiger partial charge in [0, 0.05) is 34.4 Å². The molecular formula is C23H13ClN4O5. The number of nitrogens with zero attached hydrogens (tertiary/aromatic N) is 3. The van der Waals surface area contributed by atoms with Crippen molar-refractivity contribution in [3.8, 4) is 34.4 Å². The molecule has 4 N–H and O–H groups in total. The van der Waals surface area contributed by atoms with Gasteiger partial charge in [0.25, 0.3) is 0 Å². The second-order valence-electron chi connectivity index (χ2n) is 7.56. The van der Waals surface area contributed by atoms with Crippen molar-refractivity contribution in [3.63, 3.8) is 0 Å². The zero-order valence-corrected chi connectivity index (χ0v) is 17.4. The van der Waals surface area contributed by atoms with Gasteiger partial charge in [0.15, 0.2) is 11.4 Å². The smallest absolute Gasteiger partial charge is 0.342 e. The number of carbonyl (C=O) groups is 1. The summed E-state index contributed by atoms with van der Waals surface area (Å²) in [6.07, 6.45) is 1.25. The average Bonchev–Trinajstić information content (AvgIpc) is 3.07. The van der Waals surface area contributed by atoms with Crippen LogP contribution in [0, 0.1) is 0 Å². The van der Waals surface area contributed by atoms with Crippen LogP contribution in [0.5, 0.6) is 23.0 Å². The summed E-state index contributed by atoms with van der Waals surface area (Å²) in [6, 6.07) is 12.4. The Bertz CT molecular complexity index is 1460. The van der Waals surface area contributed by atoms with Crippen molar-refractivity contribution in [2.24, 2.45) is 0 Å². The van der Waals surface area contributed by atoms with E-state index in [2.05, 4.69) is 15.0 Å². The van der Waals surface area contributed by atoms with Gasteiger partial charge in [-0.3, -0.25) is 0 Å². The van der Waals surface area contributed by atoms with E-state index in [0.717, 1.165) is 0 Å². The molecule has 4 aromatic rings. The largest absolute Gasteiger partial charge is 0.508 e. The molecule has 33 heavy (non-hydrogen) atoms. The minimum absolute atomic E-state index is 0.00848. The predicted octanol–water partition coefficient (Wildman–Crippen LogP) is 3.75. The van der Waals surface area contributed by atoms with Crippen molar-refractivity contribution in [3.05, 3.63) is 82.4 Å². The summed E-state index contributed by atoms with van der Waals surface area (Å²) in [6.45, 7) is 0. The first-order valence-corrected chi connectivity index (χ1v) is 10.1.